The van der Waals surface area contributed by atoms with E-state index in [0.29, 0.717) is 21.4 Å². The number of halogens is 3. The summed E-state index contributed by atoms with van der Waals surface area (Å²) in [6.45, 7) is -0.133. The molecule has 1 N–H and O–H groups in total. The van der Waals surface area contributed by atoms with Gasteiger partial charge in [0.05, 0.1) is 21.8 Å². The number of benzene rings is 1. The van der Waals surface area contributed by atoms with Crippen LogP contribution in [0.3, 0.4) is 0 Å². The van der Waals surface area contributed by atoms with Crippen molar-refractivity contribution in [2.75, 3.05) is 0 Å². The molecule has 84 valence electrons. The Bertz CT molecular complexity index is 528. The lowest BCUT2D eigenvalue weighted by Crippen LogP contribution is -1.97. The van der Waals surface area contributed by atoms with Gasteiger partial charge in [0.25, 0.3) is 0 Å². The van der Waals surface area contributed by atoms with Crippen LogP contribution in [0.1, 0.15) is 5.69 Å². The standard InChI is InChI=1S/C10H7BrCl2N2O/c11-7-4-15(14-9(7)5-16)10-3-6(12)1-2-8(10)13/h1-4,16H,5H2. The van der Waals surface area contributed by atoms with Crippen molar-refractivity contribution in [3.8, 4) is 5.69 Å². The molecule has 0 saturated carbocycles. The van der Waals surface area contributed by atoms with Crippen LogP contribution in [0.15, 0.2) is 28.9 Å². The molecule has 1 heterocycles. The Kier molecular flexibility index (Phi) is 3.54. The molecular weight excluding hydrogens is 315 g/mol. The first-order valence-corrected chi connectivity index (χ1v) is 5.97. The van der Waals surface area contributed by atoms with E-state index in [1.54, 1.807) is 29.1 Å². The maximum Gasteiger partial charge on any atom is 0.102 e. The molecule has 1 aromatic heterocycles. The highest BCUT2D eigenvalue weighted by Gasteiger charge is 2.09. The third-order valence-electron chi connectivity index (χ3n) is 2.04. The van der Waals surface area contributed by atoms with Crippen LogP contribution in [-0.4, -0.2) is 14.9 Å². The lowest BCUT2D eigenvalue weighted by molar-refractivity contribution is 0.275. The van der Waals surface area contributed by atoms with Gasteiger partial charge in [-0.25, -0.2) is 4.68 Å². The summed E-state index contributed by atoms with van der Waals surface area (Å²) >= 11 is 15.2. The summed E-state index contributed by atoms with van der Waals surface area (Å²) in [5, 5.41) is 14.3. The van der Waals surface area contributed by atoms with E-state index in [4.69, 9.17) is 28.3 Å². The van der Waals surface area contributed by atoms with E-state index >= 15 is 0 Å². The number of nitrogens with zero attached hydrogens (tertiary/aromatic N) is 2. The fraction of sp³-hybridized carbons (Fsp3) is 0.100. The molecule has 0 unspecified atom stereocenters. The molecule has 2 rings (SSSR count). The molecular formula is C10H7BrCl2N2O. The van der Waals surface area contributed by atoms with Crippen molar-refractivity contribution in [3.05, 3.63) is 44.6 Å². The van der Waals surface area contributed by atoms with Gasteiger partial charge < -0.3 is 5.11 Å². The van der Waals surface area contributed by atoms with Gasteiger partial charge in [0.15, 0.2) is 0 Å². The predicted octanol–water partition coefficient (Wildman–Crippen LogP) is 3.43. The molecule has 0 fully saturated rings. The van der Waals surface area contributed by atoms with Crippen LogP contribution < -0.4 is 0 Å². The Morgan fingerprint density at radius 3 is 2.75 bits per heavy atom. The molecule has 0 atom stereocenters. The summed E-state index contributed by atoms with van der Waals surface area (Å²) in [5.74, 6) is 0. The second-order valence-corrected chi connectivity index (χ2v) is 4.82. The molecule has 0 aliphatic carbocycles. The number of hydrogen-bond donors (Lipinski definition) is 1. The molecule has 0 aliphatic heterocycles. The second-order valence-electron chi connectivity index (χ2n) is 3.12. The first kappa shape index (κ1) is 11.9. The van der Waals surface area contributed by atoms with Crippen LogP contribution in [-0.2, 0) is 6.61 Å². The molecule has 16 heavy (non-hydrogen) atoms. The maximum atomic E-state index is 9.04. The van der Waals surface area contributed by atoms with Gasteiger partial charge in [-0.3, -0.25) is 0 Å². The van der Waals surface area contributed by atoms with Crippen molar-refractivity contribution in [1.29, 1.82) is 0 Å². The van der Waals surface area contributed by atoms with Crippen molar-refractivity contribution in [1.82, 2.24) is 9.78 Å². The molecule has 0 bridgehead atoms. The monoisotopic (exact) mass is 320 g/mol. The number of aliphatic hydroxyl groups excluding tert-OH is 1. The smallest absolute Gasteiger partial charge is 0.102 e. The van der Waals surface area contributed by atoms with E-state index in [-0.39, 0.29) is 6.61 Å². The summed E-state index contributed by atoms with van der Waals surface area (Å²) in [4.78, 5) is 0. The fourth-order valence-corrected chi connectivity index (χ4v) is 2.05. The van der Waals surface area contributed by atoms with E-state index in [0.717, 1.165) is 4.47 Å². The highest BCUT2D eigenvalue weighted by molar-refractivity contribution is 9.10. The van der Waals surface area contributed by atoms with Gasteiger partial charge in [0.2, 0.25) is 0 Å². The average Bonchev–Trinajstić information content (AvgIpc) is 2.63. The zero-order chi connectivity index (χ0) is 11.7. The largest absolute Gasteiger partial charge is 0.390 e. The minimum absolute atomic E-state index is 0.133. The number of aliphatic hydroxyl groups is 1. The lowest BCUT2D eigenvalue weighted by Gasteiger charge is -2.04. The number of rotatable bonds is 2. The third-order valence-corrected chi connectivity index (χ3v) is 3.26. The van der Waals surface area contributed by atoms with Crippen LogP contribution in [0.25, 0.3) is 5.69 Å². The summed E-state index contributed by atoms with van der Waals surface area (Å²) in [6, 6.07) is 5.12. The topological polar surface area (TPSA) is 38.1 Å². The average molecular weight is 322 g/mol. The van der Waals surface area contributed by atoms with Gasteiger partial charge in [-0.15, -0.1) is 0 Å². The van der Waals surface area contributed by atoms with Gasteiger partial charge in [0.1, 0.15) is 5.69 Å². The molecule has 1 aromatic carbocycles. The molecule has 2 aromatic rings. The Hall–Kier alpha value is -0.550. The molecule has 6 heteroatoms. The van der Waals surface area contributed by atoms with Crippen molar-refractivity contribution < 1.29 is 5.11 Å². The van der Waals surface area contributed by atoms with Crippen molar-refractivity contribution in [2.24, 2.45) is 0 Å². The Balaban J connectivity index is 2.53. The molecule has 0 aliphatic rings. The molecule has 0 amide bonds. The van der Waals surface area contributed by atoms with Gasteiger partial charge in [-0.2, -0.15) is 5.10 Å². The number of aromatic nitrogens is 2. The summed E-state index contributed by atoms with van der Waals surface area (Å²) in [7, 11) is 0. The van der Waals surface area contributed by atoms with Gasteiger partial charge in [-0.1, -0.05) is 23.2 Å². The highest BCUT2D eigenvalue weighted by atomic mass is 79.9. The van der Waals surface area contributed by atoms with Crippen molar-refractivity contribution in [3.63, 3.8) is 0 Å². The van der Waals surface area contributed by atoms with Crippen LogP contribution in [0.4, 0.5) is 0 Å². The number of hydrogen-bond acceptors (Lipinski definition) is 2. The minimum Gasteiger partial charge on any atom is -0.390 e. The lowest BCUT2D eigenvalue weighted by atomic mass is 10.3. The zero-order valence-electron chi connectivity index (χ0n) is 7.99. The van der Waals surface area contributed by atoms with Gasteiger partial charge >= 0.3 is 0 Å². The quantitative estimate of drug-likeness (QED) is 0.920. The molecule has 0 radical (unpaired) electrons. The summed E-state index contributed by atoms with van der Waals surface area (Å²) in [5.41, 5.74) is 1.23. The normalized spacial score (nSPS) is 10.8. The first-order chi connectivity index (χ1) is 7.61. The zero-order valence-corrected chi connectivity index (χ0v) is 11.1. The molecule has 3 nitrogen and oxygen atoms in total. The van der Waals surface area contributed by atoms with Gasteiger partial charge in [0, 0.05) is 11.2 Å². The highest BCUT2D eigenvalue weighted by Crippen LogP contribution is 2.26. The van der Waals surface area contributed by atoms with E-state index in [1.807, 2.05) is 0 Å². The predicted molar refractivity (Wildman–Crippen MR) is 67.2 cm³/mol. The van der Waals surface area contributed by atoms with Crippen LogP contribution >= 0.6 is 39.1 Å². The van der Waals surface area contributed by atoms with E-state index < -0.39 is 0 Å². The van der Waals surface area contributed by atoms with Crippen LogP contribution in [0, 0.1) is 0 Å². The van der Waals surface area contributed by atoms with E-state index in [1.165, 1.54) is 0 Å². The fourth-order valence-electron chi connectivity index (χ4n) is 1.28. The Morgan fingerprint density at radius 2 is 2.12 bits per heavy atom. The Labute approximate surface area is 111 Å². The van der Waals surface area contributed by atoms with Crippen molar-refractivity contribution >= 4 is 39.1 Å². The van der Waals surface area contributed by atoms with Gasteiger partial charge in [-0.05, 0) is 34.1 Å². The van der Waals surface area contributed by atoms with E-state index in [2.05, 4.69) is 21.0 Å². The third kappa shape index (κ3) is 2.25. The first-order valence-electron chi connectivity index (χ1n) is 4.42. The SMILES string of the molecule is OCc1nn(-c2cc(Cl)ccc2Cl)cc1Br. The summed E-state index contributed by atoms with van der Waals surface area (Å²) < 4.78 is 2.30. The summed E-state index contributed by atoms with van der Waals surface area (Å²) in [6.07, 6.45) is 1.73. The maximum absolute atomic E-state index is 9.04. The molecule has 0 saturated heterocycles. The van der Waals surface area contributed by atoms with Crippen molar-refractivity contribution in [2.45, 2.75) is 6.61 Å². The molecule has 0 spiro atoms. The minimum atomic E-state index is -0.133. The second kappa shape index (κ2) is 4.75. The van der Waals surface area contributed by atoms with Crippen LogP contribution in [0.2, 0.25) is 10.0 Å². The Morgan fingerprint density at radius 1 is 1.38 bits per heavy atom. The van der Waals surface area contributed by atoms with E-state index in [9.17, 15) is 0 Å². The van der Waals surface area contributed by atoms with Crippen LogP contribution in [0.5, 0.6) is 0 Å².